The zero-order valence-electron chi connectivity index (χ0n) is 13.8. The number of aromatic nitrogens is 2. The molecule has 8 heteroatoms. The van der Waals surface area contributed by atoms with Crippen LogP contribution in [0.15, 0.2) is 24.3 Å². The molecule has 2 aromatic rings. The maximum absolute atomic E-state index is 12.6. The Morgan fingerprint density at radius 1 is 1.12 bits per heavy atom. The Morgan fingerprint density at radius 3 is 2.56 bits per heavy atom. The molecule has 4 rings (SSSR count). The smallest absolute Gasteiger partial charge is 0.208 e. The maximum atomic E-state index is 12.6. The van der Waals surface area contributed by atoms with Gasteiger partial charge >= 0.3 is 0 Å². The predicted molar refractivity (Wildman–Crippen MR) is 101 cm³/mol. The van der Waals surface area contributed by atoms with Crippen molar-refractivity contribution in [2.75, 3.05) is 23.7 Å². The Bertz CT molecular complexity index is 860. The molecule has 0 bridgehead atoms. The summed E-state index contributed by atoms with van der Waals surface area (Å²) >= 11 is 7.47. The van der Waals surface area contributed by atoms with Crippen LogP contribution in [-0.4, -0.2) is 42.2 Å². The van der Waals surface area contributed by atoms with Crippen LogP contribution in [0.3, 0.4) is 0 Å². The fourth-order valence-electron chi connectivity index (χ4n) is 3.60. The van der Waals surface area contributed by atoms with E-state index in [1.54, 1.807) is 11.3 Å². The predicted octanol–water partition coefficient (Wildman–Crippen LogP) is 3.33. The van der Waals surface area contributed by atoms with Gasteiger partial charge in [-0.3, -0.25) is 0 Å². The minimum atomic E-state index is -3.01. The Balaban J connectivity index is 1.47. The molecule has 5 nitrogen and oxygen atoms in total. The van der Waals surface area contributed by atoms with Gasteiger partial charge in [0.05, 0.1) is 10.5 Å². The fraction of sp³-hybridized carbons (Fsp3) is 0.529. The molecule has 1 aliphatic carbocycles. The summed E-state index contributed by atoms with van der Waals surface area (Å²) in [5.41, 5.74) is 1.14. The van der Waals surface area contributed by atoms with Crippen LogP contribution in [-0.2, 0) is 16.3 Å². The third-order valence-electron chi connectivity index (χ3n) is 5.39. The first-order chi connectivity index (χ1) is 12.0. The first kappa shape index (κ1) is 17.2. The number of sulfone groups is 1. The van der Waals surface area contributed by atoms with Crippen LogP contribution in [0.2, 0.25) is 5.02 Å². The zero-order chi connectivity index (χ0) is 17.5. The summed E-state index contributed by atoms with van der Waals surface area (Å²) in [6, 6.07) is 7.72. The highest BCUT2D eigenvalue weighted by atomic mass is 35.5. The van der Waals surface area contributed by atoms with Crippen LogP contribution in [0.5, 0.6) is 0 Å². The van der Waals surface area contributed by atoms with E-state index >= 15 is 0 Å². The van der Waals surface area contributed by atoms with E-state index < -0.39 is 14.6 Å². The van der Waals surface area contributed by atoms with E-state index in [4.69, 9.17) is 11.6 Å². The average Bonchev–Trinajstić information content (AvgIpc) is 2.93. The van der Waals surface area contributed by atoms with Gasteiger partial charge in [-0.25, -0.2) is 8.42 Å². The number of hydrogen-bond acceptors (Lipinski definition) is 6. The molecular formula is C17H20ClN3O2S2. The van der Waals surface area contributed by atoms with E-state index in [0.29, 0.717) is 19.4 Å². The molecule has 0 radical (unpaired) electrons. The minimum Gasteiger partial charge on any atom is -0.346 e. The van der Waals surface area contributed by atoms with Crippen LogP contribution < -0.4 is 4.90 Å². The Kier molecular flexibility index (Phi) is 4.50. The molecule has 1 saturated heterocycles. The highest BCUT2D eigenvalue weighted by molar-refractivity contribution is 7.92. The van der Waals surface area contributed by atoms with Crippen molar-refractivity contribution in [3.63, 3.8) is 0 Å². The minimum absolute atomic E-state index is 0.221. The lowest BCUT2D eigenvalue weighted by molar-refractivity contribution is 0.324. The highest BCUT2D eigenvalue weighted by Gasteiger charge is 2.49. The van der Waals surface area contributed by atoms with Crippen LogP contribution in [0.25, 0.3) is 0 Å². The van der Waals surface area contributed by atoms with Gasteiger partial charge < -0.3 is 4.90 Å². The average molecular weight is 398 g/mol. The molecule has 1 aliphatic heterocycles. The van der Waals surface area contributed by atoms with Crippen LogP contribution in [0.1, 0.15) is 36.3 Å². The van der Waals surface area contributed by atoms with Crippen molar-refractivity contribution < 1.29 is 8.42 Å². The molecule has 0 atom stereocenters. The van der Waals surface area contributed by atoms with Crippen molar-refractivity contribution in [3.05, 3.63) is 39.9 Å². The van der Waals surface area contributed by atoms with Gasteiger partial charge in [0.15, 0.2) is 9.84 Å². The number of nitrogens with zero attached hydrogens (tertiary/aromatic N) is 3. The number of benzene rings is 1. The first-order valence-corrected chi connectivity index (χ1v) is 11.4. The third kappa shape index (κ3) is 3.29. The fourth-order valence-corrected chi connectivity index (χ4v) is 6.85. The van der Waals surface area contributed by atoms with Gasteiger partial charge in [0, 0.05) is 24.5 Å². The van der Waals surface area contributed by atoms with Crippen LogP contribution in [0.4, 0.5) is 5.13 Å². The lowest BCUT2D eigenvalue weighted by Gasteiger charge is -2.39. The maximum Gasteiger partial charge on any atom is 0.208 e. The van der Waals surface area contributed by atoms with E-state index in [-0.39, 0.29) is 5.75 Å². The number of hydrogen-bond donors (Lipinski definition) is 0. The Hall–Kier alpha value is -1.18. The molecule has 1 aromatic carbocycles. The molecule has 0 unspecified atom stereocenters. The highest BCUT2D eigenvalue weighted by Crippen LogP contribution is 2.44. The molecule has 0 amide bonds. The number of anilines is 1. The largest absolute Gasteiger partial charge is 0.346 e. The lowest BCUT2D eigenvalue weighted by atomic mass is 9.81. The summed E-state index contributed by atoms with van der Waals surface area (Å²) in [5, 5.41) is 11.1. The normalized spacial score (nSPS) is 21.7. The van der Waals surface area contributed by atoms with E-state index in [0.717, 1.165) is 46.5 Å². The van der Waals surface area contributed by atoms with Crippen molar-refractivity contribution in [1.82, 2.24) is 10.2 Å². The molecule has 25 heavy (non-hydrogen) atoms. The van der Waals surface area contributed by atoms with Gasteiger partial charge in [0.1, 0.15) is 5.01 Å². The topological polar surface area (TPSA) is 63.2 Å². The molecule has 1 spiro atoms. The molecule has 1 aromatic heterocycles. The molecule has 2 aliphatic rings. The van der Waals surface area contributed by atoms with E-state index in [1.807, 2.05) is 24.3 Å². The summed E-state index contributed by atoms with van der Waals surface area (Å²) in [6.45, 7) is 1.26. The first-order valence-electron chi connectivity index (χ1n) is 8.52. The molecular weight excluding hydrogens is 378 g/mol. The summed E-state index contributed by atoms with van der Waals surface area (Å²) in [4.78, 5) is 2.09. The summed E-state index contributed by atoms with van der Waals surface area (Å²) in [7, 11) is -3.01. The quantitative estimate of drug-likeness (QED) is 0.794. The standard InChI is InChI=1S/C17H20ClN3O2S2/c18-14-4-2-13(3-5-14)12-15-19-20-16(24-15)21-9-8-17(6-1-7-17)25(22,23)11-10-21/h2-5H,1,6-12H2. The van der Waals surface area contributed by atoms with E-state index in [2.05, 4.69) is 15.1 Å². The second kappa shape index (κ2) is 6.52. The monoisotopic (exact) mass is 397 g/mol. The number of halogens is 1. The van der Waals surface area contributed by atoms with Gasteiger partial charge in [-0.05, 0) is 37.0 Å². The molecule has 2 fully saturated rings. The molecule has 134 valence electrons. The van der Waals surface area contributed by atoms with Gasteiger partial charge in [-0.1, -0.05) is 41.5 Å². The second-order valence-electron chi connectivity index (χ2n) is 6.87. The van der Waals surface area contributed by atoms with Crippen molar-refractivity contribution >= 4 is 37.9 Å². The van der Waals surface area contributed by atoms with Gasteiger partial charge in [-0.15, -0.1) is 10.2 Å². The molecule has 1 saturated carbocycles. The Morgan fingerprint density at radius 2 is 1.88 bits per heavy atom. The zero-order valence-corrected chi connectivity index (χ0v) is 16.2. The van der Waals surface area contributed by atoms with Crippen molar-refractivity contribution in [2.24, 2.45) is 0 Å². The third-order valence-corrected chi connectivity index (χ3v) is 9.27. The molecule has 2 heterocycles. The summed E-state index contributed by atoms with van der Waals surface area (Å²) < 4.78 is 24.7. The van der Waals surface area contributed by atoms with Crippen molar-refractivity contribution in [2.45, 2.75) is 36.9 Å². The van der Waals surface area contributed by atoms with E-state index in [1.165, 1.54) is 0 Å². The Labute approximate surface area is 156 Å². The van der Waals surface area contributed by atoms with Gasteiger partial charge in [0.2, 0.25) is 5.13 Å². The van der Waals surface area contributed by atoms with Gasteiger partial charge in [0.25, 0.3) is 0 Å². The summed E-state index contributed by atoms with van der Waals surface area (Å²) in [6.07, 6.45) is 4.10. The van der Waals surface area contributed by atoms with Crippen LogP contribution >= 0.6 is 22.9 Å². The van der Waals surface area contributed by atoms with Crippen molar-refractivity contribution in [1.29, 1.82) is 0 Å². The number of rotatable bonds is 3. The van der Waals surface area contributed by atoms with E-state index in [9.17, 15) is 8.42 Å². The van der Waals surface area contributed by atoms with Crippen molar-refractivity contribution in [3.8, 4) is 0 Å². The van der Waals surface area contributed by atoms with Crippen LogP contribution in [0, 0.1) is 0 Å². The SMILES string of the molecule is O=S1(=O)CCN(c2nnc(Cc3ccc(Cl)cc3)s2)CCC12CCC2. The second-order valence-corrected chi connectivity index (χ2v) is 10.9. The lowest BCUT2D eigenvalue weighted by Crippen LogP contribution is -2.46. The van der Waals surface area contributed by atoms with Gasteiger partial charge in [-0.2, -0.15) is 0 Å². The molecule has 0 N–H and O–H groups in total. The summed E-state index contributed by atoms with van der Waals surface area (Å²) in [5.74, 6) is 0.221.